The number of aromatic amines is 2. The van der Waals surface area contributed by atoms with Crippen molar-refractivity contribution in [3.05, 3.63) is 156 Å². The van der Waals surface area contributed by atoms with E-state index in [1.165, 1.54) is 0 Å². The predicted molar refractivity (Wildman–Crippen MR) is 184 cm³/mol. The van der Waals surface area contributed by atoms with Gasteiger partial charge in [-0.3, -0.25) is 0 Å². The third-order valence-corrected chi connectivity index (χ3v) is 9.18. The molecule has 4 N–H and O–H groups in total. The van der Waals surface area contributed by atoms with Gasteiger partial charge in [0.25, 0.3) is 0 Å². The lowest BCUT2D eigenvalue weighted by Gasteiger charge is -2.36. The zero-order valence-corrected chi connectivity index (χ0v) is 26.4. The first-order chi connectivity index (χ1) is 23.5. The van der Waals surface area contributed by atoms with Gasteiger partial charge in [0.2, 0.25) is 0 Å². The highest BCUT2D eigenvalue weighted by atomic mass is 16.3. The molecule has 6 aromatic rings. The Bertz CT molecular complexity index is 1780. The number of hydrogen-bond donors (Lipinski definition) is 4. The third kappa shape index (κ3) is 6.78. The van der Waals surface area contributed by atoms with Crippen LogP contribution in [-0.2, 0) is 25.9 Å². The number of nitrogens with one attached hydrogen (secondary N) is 2. The van der Waals surface area contributed by atoms with Crippen LogP contribution in [0.2, 0.25) is 0 Å². The summed E-state index contributed by atoms with van der Waals surface area (Å²) >= 11 is 0. The smallest absolute Gasteiger partial charge is 0.321 e. The molecular formula is C39H38N6O3. The molecule has 0 radical (unpaired) electrons. The number of benzene rings is 4. The quantitative estimate of drug-likeness (QED) is 0.150. The molecule has 3 heterocycles. The maximum Gasteiger partial charge on any atom is 0.321 e. The molecule has 0 bridgehead atoms. The van der Waals surface area contributed by atoms with E-state index < -0.39 is 24.3 Å². The van der Waals surface area contributed by atoms with Gasteiger partial charge in [-0.1, -0.05) is 97.1 Å². The fraction of sp³-hybridized carbons (Fsp3) is 0.205. The minimum atomic E-state index is -1.21. The minimum absolute atomic E-state index is 0.241. The molecule has 48 heavy (non-hydrogen) atoms. The van der Waals surface area contributed by atoms with Crippen molar-refractivity contribution in [3.63, 3.8) is 0 Å². The topological polar surface area (TPSA) is 121 Å². The van der Waals surface area contributed by atoms with Gasteiger partial charge in [0.1, 0.15) is 12.2 Å². The Balaban J connectivity index is 1.30. The molecule has 4 atom stereocenters. The number of H-pyrrole nitrogens is 2. The van der Waals surface area contributed by atoms with Gasteiger partial charge >= 0.3 is 6.03 Å². The molecule has 4 aromatic carbocycles. The molecule has 1 saturated heterocycles. The summed E-state index contributed by atoms with van der Waals surface area (Å²) in [4.78, 5) is 33.2. The van der Waals surface area contributed by atoms with Crippen molar-refractivity contribution in [2.45, 2.75) is 50.2 Å². The standard InChI is InChI=1S/C39H38N6O3/c46-37-35(19-27-9-3-1-4-10-27)44(23-29-13-7-15-31(17-29)33-21-40-25-42-33)39(48)45(36(38(37)47)20-28-11-5-2-6-12-28)24-30-14-8-16-32(18-30)34-22-41-26-43-34/h1-18,21-22,25-26,35-38,46-47H,19-20,23-24H2,(H,40,42)(H,41,43)/t35-,36-,37+,38+/m1/s1. The monoisotopic (exact) mass is 638 g/mol. The first-order valence-corrected chi connectivity index (χ1v) is 16.2. The Hall–Kier alpha value is -5.51. The van der Waals surface area contributed by atoms with Crippen LogP contribution in [0.1, 0.15) is 22.3 Å². The molecule has 1 fully saturated rings. The number of imidazole rings is 2. The van der Waals surface area contributed by atoms with Crippen molar-refractivity contribution in [1.29, 1.82) is 0 Å². The Labute approximate surface area is 279 Å². The van der Waals surface area contributed by atoms with Crippen LogP contribution in [0.25, 0.3) is 22.5 Å². The molecule has 0 aliphatic carbocycles. The van der Waals surface area contributed by atoms with Crippen molar-refractivity contribution >= 4 is 6.03 Å². The number of hydrogen-bond acceptors (Lipinski definition) is 5. The van der Waals surface area contributed by atoms with E-state index in [1.807, 2.05) is 109 Å². The molecule has 0 unspecified atom stereocenters. The van der Waals surface area contributed by atoms with Crippen LogP contribution in [0.4, 0.5) is 4.79 Å². The van der Waals surface area contributed by atoms with Crippen molar-refractivity contribution in [1.82, 2.24) is 29.7 Å². The molecule has 1 aliphatic rings. The van der Waals surface area contributed by atoms with E-state index in [-0.39, 0.29) is 19.1 Å². The second-order valence-corrected chi connectivity index (χ2v) is 12.4. The van der Waals surface area contributed by atoms with E-state index in [1.54, 1.807) is 34.8 Å². The van der Waals surface area contributed by atoms with E-state index in [9.17, 15) is 10.2 Å². The number of aromatic nitrogens is 4. The molecule has 7 rings (SSSR count). The Morgan fingerprint density at radius 3 is 1.38 bits per heavy atom. The largest absolute Gasteiger partial charge is 0.388 e. The summed E-state index contributed by atoms with van der Waals surface area (Å²) in [5, 5.41) is 24.1. The van der Waals surface area contributed by atoms with Gasteiger partial charge in [-0.25, -0.2) is 14.8 Å². The van der Waals surface area contributed by atoms with Gasteiger partial charge in [0.05, 0.1) is 48.5 Å². The molecule has 2 amide bonds. The summed E-state index contributed by atoms with van der Waals surface area (Å²) < 4.78 is 0. The molecule has 242 valence electrons. The number of nitrogens with zero attached hydrogens (tertiary/aromatic N) is 4. The number of aliphatic hydroxyl groups is 2. The summed E-state index contributed by atoms with van der Waals surface area (Å²) in [6.45, 7) is 0.482. The molecule has 0 spiro atoms. The van der Waals surface area contributed by atoms with E-state index >= 15 is 4.79 Å². The molecule has 9 heteroatoms. The van der Waals surface area contributed by atoms with Gasteiger partial charge in [-0.15, -0.1) is 0 Å². The minimum Gasteiger partial charge on any atom is -0.388 e. The second kappa shape index (κ2) is 14.1. The van der Waals surface area contributed by atoms with Gasteiger partial charge < -0.3 is 30.0 Å². The summed E-state index contributed by atoms with van der Waals surface area (Å²) in [6.07, 6.45) is 5.15. The summed E-state index contributed by atoms with van der Waals surface area (Å²) in [6, 6.07) is 34.0. The van der Waals surface area contributed by atoms with Crippen LogP contribution < -0.4 is 0 Å². The van der Waals surface area contributed by atoms with Crippen LogP contribution in [0.5, 0.6) is 0 Å². The van der Waals surface area contributed by atoms with E-state index in [2.05, 4.69) is 19.9 Å². The fourth-order valence-electron chi connectivity index (χ4n) is 6.71. The number of rotatable bonds is 10. The zero-order valence-electron chi connectivity index (χ0n) is 26.4. The Morgan fingerprint density at radius 2 is 0.979 bits per heavy atom. The lowest BCUT2D eigenvalue weighted by Crippen LogP contribution is -2.50. The highest BCUT2D eigenvalue weighted by molar-refractivity contribution is 5.76. The highest BCUT2D eigenvalue weighted by Gasteiger charge is 2.46. The summed E-state index contributed by atoms with van der Waals surface area (Å²) in [5.74, 6) is 0. The van der Waals surface area contributed by atoms with Crippen molar-refractivity contribution in [2.24, 2.45) is 0 Å². The molecule has 9 nitrogen and oxygen atoms in total. The van der Waals surface area contributed by atoms with Crippen LogP contribution in [-0.4, -0.2) is 70.3 Å². The third-order valence-electron chi connectivity index (χ3n) is 9.18. The molecule has 0 saturated carbocycles. The first-order valence-electron chi connectivity index (χ1n) is 16.2. The van der Waals surface area contributed by atoms with E-state index in [4.69, 9.17) is 0 Å². The van der Waals surface area contributed by atoms with E-state index in [0.29, 0.717) is 12.8 Å². The summed E-state index contributed by atoms with van der Waals surface area (Å²) in [7, 11) is 0. The van der Waals surface area contributed by atoms with E-state index in [0.717, 1.165) is 44.8 Å². The average Bonchev–Trinajstić information content (AvgIpc) is 3.87. The lowest BCUT2D eigenvalue weighted by molar-refractivity contribution is -0.0408. The molecule has 2 aromatic heterocycles. The molecular weight excluding hydrogens is 600 g/mol. The van der Waals surface area contributed by atoms with Crippen LogP contribution in [0.3, 0.4) is 0 Å². The first kappa shape index (κ1) is 31.1. The number of aliphatic hydroxyl groups excluding tert-OH is 2. The fourth-order valence-corrected chi connectivity index (χ4v) is 6.71. The van der Waals surface area contributed by atoms with Crippen LogP contribution in [0.15, 0.2) is 134 Å². The van der Waals surface area contributed by atoms with Gasteiger partial charge in [0, 0.05) is 13.1 Å². The van der Waals surface area contributed by atoms with Gasteiger partial charge in [-0.05, 0) is 58.4 Å². The average molecular weight is 639 g/mol. The maximum atomic E-state index is 15.1. The SMILES string of the molecule is O=C1N(Cc2cccc(-c3cnc[nH]3)c2)[C@H](Cc2ccccc2)[C@H](O)[C@@H](O)[C@@H](Cc2ccccc2)N1Cc1cccc(-c2cnc[nH]2)c1. The number of carbonyl (C=O) groups is 1. The Morgan fingerprint density at radius 1 is 0.562 bits per heavy atom. The number of urea groups is 1. The zero-order chi connectivity index (χ0) is 32.9. The molecule has 1 aliphatic heterocycles. The normalized spacial score (nSPS) is 19.8. The van der Waals surface area contributed by atoms with Crippen molar-refractivity contribution in [2.75, 3.05) is 0 Å². The number of amides is 2. The Kier molecular flexibility index (Phi) is 9.13. The van der Waals surface area contributed by atoms with Gasteiger partial charge in [-0.2, -0.15) is 0 Å². The van der Waals surface area contributed by atoms with Crippen molar-refractivity contribution in [3.8, 4) is 22.5 Å². The predicted octanol–water partition coefficient (Wildman–Crippen LogP) is 5.85. The maximum absolute atomic E-state index is 15.1. The second-order valence-electron chi connectivity index (χ2n) is 12.4. The number of carbonyl (C=O) groups excluding carboxylic acids is 1. The van der Waals surface area contributed by atoms with Crippen LogP contribution in [0, 0.1) is 0 Å². The van der Waals surface area contributed by atoms with Crippen molar-refractivity contribution < 1.29 is 15.0 Å². The van der Waals surface area contributed by atoms with Gasteiger partial charge in [0.15, 0.2) is 0 Å². The lowest BCUT2D eigenvalue weighted by atomic mass is 9.90. The highest BCUT2D eigenvalue weighted by Crippen LogP contribution is 2.31. The van der Waals surface area contributed by atoms with Crippen LogP contribution >= 0.6 is 0 Å². The summed E-state index contributed by atoms with van der Waals surface area (Å²) in [5.41, 5.74) is 7.38.